The van der Waals surface area contributed by atoms with Crippen LogP contribution in [0.2, 0.25) is 0 Å². The molecule has 1 aromatic heterocycles. The van der Waals surface area contributed by atoms with Crippen molar-refractivity contribution in [1.29, 1.82) is 0 Å². The minimum absolute atomic E-state index is 0.0839. The van der Waals surface area contributed by atoms with E-state index in [2.05, 4.69) is 16.0 Å². The van der Waals surface area contributed by atoms with Crippen LogP contribution in [0, 0.1) is 0 Å². The SMILES string of the molecule is CNC(=O)c1ccc(-c2nc3ccccc3n2CC2CCCO2)cc1. The Morgan fingerprint density at radius 2 is 2.04 bits per heavy atom. The smallest absolute Gasteiger partial charge is 0.251 e. The van der Waals surface area contributed by atoms with E-state index in [0.29, 0.717) is 5.56 Å². The Labute approximate surface area is 146 Å². The van der Waals surface area contributed by atoms with Crippen molar-refractivity contribution in [3.63, 3.8) is 0 Å². The van der Waals surface area contributed by atoms with E-state index in [1.165, 1.54) is 0 Å². The minimum atomic E-state index is -0.0839. The third kappa shape index (κ3) is 3.03. The summed E-state index contributed by atoms with van der Waals surface area (Å²) in [6.07, 6.45) is 2.44. The van der Waals surface area contributed by atoms with Crippen LogP contribution in [0.15, 0.2) is 48.5 Å². The predicted octanol–water partition coefficient (Wildman–Crippen LogP) is 3.24. The van der Waals surface area contributed by atoms with Crippen molar-refractivity contribution in [1.82, 2.24) is 14.9 Å². The van der Waals surface area contributed by atoms with Crippen LogP contribution in [0.1, 0.15) is 23.2 Å². The Kier molecular flexibility index (Phi) is 4.24. The van der Waals surface area contributed by atoms with E-state index in [1.54, 1.807) is 7.05 Å². The van der Waals surface area contributed by atoms with Crippen LogP contribution in [0.3, 0.4) is 0 Å². The fourth-order valence-corrected chi connectivity index (χ4v) is 3.39. The van der Waals surface area contributed by atoms with Crippen molar-refractivity contribution in [3.8, 4) is 11.4 Å². The lowest BCUT2D eigenvalue weighted by atomic mass is 10.1. The second-order valence-corrected chi connectivity index (χ2v) is 6.33. The van der Waals surface area contributed by atoms with Crippen molar-refractivity contribution in [2.75, 3.05) is 13.7 Å². The Balaban J connectivity index is 1.76. The monoisotopic (exact) mass is 335 g/mol. The van der Waals surface area contributed by atoms with Crippen molar-refractivity contribution in [3.05, 3.63) is 54.1 Å². The molecule has 0 spiro atoms. The second-order valence-electron chi connectivity index (χ2n) is 6.33. The zero-order valence-electron chi connectivity index (χ0n) is 14.2. The summed E-state index contributed by atoms with van der Waals surface area (Å²) in [5.74, 6) is 0.833. The quantitative estimate of drug-likeness (QED) is 0.796. The van der Waals surface area contributed by atoms with E-state index in [1.807, 2.05) is 42.5 Å². The molecule has 2 heterocycles. The number of hydrogen-bond donors (Lipinski definition) is 1. The van der Waals surface area contributed by atoms with Gasteiger partial charge in [-0.3, -0.25) is 4.79 Å². The van der Waals surface area contributed by atoms with Crippen LogP contribution in [0.4, 0.5) is 0 Å². The highest BCUT2D eigenvalue weighted by Crippen LogP contribution is 2.27. The van der Waals surface area contributed by atoms with Gasteiger partial charge in [-0.25, -0.2) is 4.98 Å². The first-order valence-electron chi connectivity index (χ1n) is 8.65. The fraction of sp³-hybridized carbons (Fsp3) is 0.300. The summed E-state index contributed by atoms with van der Waals surface area (Å²) in [5, 5.41) is 2.65. The number of fused-ring (bicyclic) bond motifs is 1. The van der Waals surface area contributed by atoms with Gasteiger partial charge in [-0.1, -0.05) is 24.3 Å². The van der Waals surface area contributed by atoms with Crippen molar-refractivity contribution < 1.29 is 9.53 Å². The molecule has 0 bridgehead atoms. The number of carbonyl (C=O) groups excluding carboxylic acids is 1. The highest BCUT2D eigenvalue weighted by molar-refractivity contribution is 5.94. The summed E-state index contributed by atoms with van der Waals surface area (Å²) >= 11 is 0. The third-order valence-electron chi connectivity index (χ3n) is 4.70. The molecule has 1 aliphatic heterocycles. The van der Waals surface area contributed by atoms with Gasteiger partial charge < -0.3 is 14.6 Å². The van der Waals surface area contributed by atoms with E-state index in [-0.39, 0.29) is 12.0 Å². The molecule has 128 valence electrons. The summed E-state index contributed by atoms with van der Waals surface area (Å²) in [6.45, 7) is 1.64. The van der Waals surface area contributed by atoms with Crippen LogP contribution in [0.5, 0.6) is 0 Å². The molecule has 5 heteroatoms. The zero-order valence-corrected chi connectivity index (χ0v) is 14.2. The van der Waals surface area contributed by atoms with Crippen molar-refractivity contribution >= 4 is 16.9 Å². The first kappa shape index (κ1) is 15.8. The molecule has 1 unspecified atom stereocenters. The molecule has 4 rings (SSSR count). The van der Waals surface area contributed by atoms with E-state index >= 15 is 0 Å². The zero-order chi connectivity index (χ0) is 17.2. The maximum Gasteiger partial charge on any atom is 0.251 e. The van der Waals surface area contributed by atoms with Crippen LogP contribution in [0.25, 0.3) is 22.4 Å². The number of amides is 1. The number of nitrogens with one attached hydrogen (secondary N) is 1. The van der Waals surface area contributed by atoms with Gasteiger partial charge in [-0.05, 0) is 37.1 Å². The maximum absolute atomic E-state index is 11.8. The van der Waals surface area contributed by atoms with E-state index in [9.17, 15) is 4.79 Å². The molecular weight excluding hydrogens is 314 g/mol. The van der Waals surface area contributed by atoms with Crippen LogP contribution < -0.4 is 5.32 Å². The van der Waals surface area contributed by atoms with Crippen LogP contribution in [-0.2, 0) is 11.3 Å². The van der Waals surface area contributed by atoms with E-state index in [4.69, 9.17) is 9.72 Å². The number of hydrogen-bond acceptors (Lipinski definition) is 3. The molecule has 1 aliphatic rings. The van der Waals surface area contributed by atoms with Gasteiger partial charge in [0.05, 0.1) is 23.7 Å². The molecule has 1 saturated heterocycles. The molecule has 3 aromatic rings. The van der Waals surface area contributed by atoms with Gasteiger partial charge in [-0.2, -0.15) is 0 Å². The molecule has 5 nitrogen and oxygen atoms in total. The first-order chi connectivity index (χ1) is 12.3. The Bertz CT molecular complexity index is 893. The van der Waals surface area contributed by atoms with Gasteiger partial charge in [-0.15, -0.1) is 0 Å². The van der Waals surface area contributed by atoms with Gasteiger partial charge in [0.2, 0.25) is 0 Å². The average Bonchev–Trinajstić information content (AvgIpc) is 3.30. The highest BCUT2D eigenvalue weighted by Gasteiger charge is 2.20. The number of aromatic nitrogens is 2. The number of imidazole rings is 1. The largest absolute Gasteiger partial charge is 0.376 e. The lowest BCUT2D eigenvalue weighted by Gasteiger charge is -2.14. The molecule has 2 aromatic carbocycles. The van der Waals surface area contributed by atoms with E-state index < -0.39 is 0 Å². The summed E-state index contributed by atoms with van der Waals surface area (Å²) in [7, 11) is 1.64. The van der Waals surface area contributed by atoms with E-state index in [0.717, 1.165) is 48.4 Å². The molecule has 0 aliphatic carbocycles. The Morgan fingerprint density at radius 1 is 1.24 bits per heavy atom. The normalized spacial score (nSPS) is 17.1. The summed E-state index contributed by atoms with van der Waals surface area (Å²) in [4.78, 5) is 16.6. The molecule has 0 saturated carbocycles. The molecule has 25 heavy (non-hydrogen) atoms. The third-order valence-corrected chi connectivity index (χ3v) is 4.70. The van der Waals surface area contributed by atoms with Gasteiger partial charge >= 0.3 is 0 Å². The number of carbonyl (C=O) groups is 1. The number of ether oxygens (including phenoxy) is 1. The van der Waals surface area contributed by atoms with Crippen LogP contribution >= 0.6 is 0 Å². The Hall–Kier alpha value is -2.66. The number of benzene rings is 2. The fourth-order valence-electron chi connectivity index (χ4n) is 3.39. The highest BCUT2D eigenvalue weighted by atomic mass is 16.5. The lowest BCUT2D eigenvalue weighted by molar-refractivity contribution is 0.0963. The second kappa shape index (κ2) is 6.69. The maximum atomic E-state index is 11.8. The van der Waals surface area contributed by atoms with Crippen molar-refractivity contribution in [2.24, 2.45) is 0 Å². The molecule has 1 N–H and O–H groups in total. The van der Waals surface area contributed by atoms with Crippen molar-refractivity contribution in [2.45, 2.75) is 25.5 Å². The lowest BCUT2D eigenvalue weighted by Crippen LogP contribution is -2.17. The number of para-hydroxylation sites is 2. The molecular formula is C20H21N3O2. The average molecular weight is 335 g/mol. The predicted molar refractivity (Wildman–Crippen MR) is 97.5 cm³/mol. The minimum Gasteiger partial charge on any atom is -0.376 e. The molecule has 1 amide bonds. The summed E-state index contributed by atoms with van der Waals surface area (Å²) in [5.41, 5.74) is 3.74. The van der Waals surface area contributed by atoms with Gasteiger partial charge in [0, 0.05) is 24.8 Å². The standard InChI is InChI=1S/C20H21N3O2/c1-21-20(24)15-10-8-14(9-11-15)19-22-17-6-2-3-7-18(17)23(19)13-16-5-4-12-25-16/h2-3,6-11,16H,4-5,12-13H2,1H3,(H,21,24). The number of rotatable bonds is 4. The number of nitrogens with zero attached hydrogens (tertiary/aromatic N) is 2. The summed E-state index contributed by atoms with van der Waals surface area (Å²) < 4.78 is 8.07. The van der Waals surface area contributed by atoms with Gasteiger partial charge in [0.25, 0.3) is 5.91 Å². The Morgan fingerprint density at radius 3 is 2.76 bits per heavy atom. The molecule has 1 fully saturated rings. The van der Waals surface area contributed by atoms with Gasteiger partial charge in [0.15, 0.2) is 0 Å². The van der Waals surface area contributed by atoms with Crippen LogP contribution in [-0.4, -0.2) is 35.2 Å². The first-order valence-corrected chi connectivity index (χ1v) is 8.65. The topological polar surface area (TPSA) is 56.2 Å². The molecule has 0 radical (unpaired) electrons. The summed E-state index contributed by atoms with van der Waals surface area (Å²) in [6, 6.07) is 15.8. The molecule has 1 atom stereocenters. The van der Waals surface area contributed by atoms with Gasteiger partial charge in [0.1, 0.15) is 5.82 Å².